The Bertz CT molecular complexity index is 945. The fourth-order valence-electron chi connectivity index (χ4n) is 5.84. The average Bonchev–Trinajstić information content (AvgIpc) is 3.23. The van der Waals surface area contributed by atoms with Gasteiger partial charge in [-0.2, -0.15) is 0 Å². The largest absolute Gasteiger partial charge is 0.454 e. The number of nitrogens with zero attached hydrogens (tertiary/aromatic N) is 2. The van der Waals surface area contributed by atoms with Crippen molar-refractivity contribution in [2.45, 2.75) is 37.8 Å². The van der Waals surface area contributed by atoms with Crippen molar-refractivity contribution in [3.8, 4) is 11.5 Å². The molecule has 0 aromatic heterocycles. The van der Waals surface area contributed by atoms with Gasteiger partial charge in [0.2, 0.25) is 6.79 Å². The van der Waals surface area contributed by atoms with Crippen molar-refractivity contribution in [2.24, 2.45) is 5.92 Å². The van der Waals surface area contributed by atoms with Crippen LogP contribution in [0.3, 0.4) is 0 Å². The molecule has 2 saturated heterocycles. The van der Waals surface area contributed by atoms with Crippen LogP contribution in [-0.2, 0) is 6.42 Å². The van der Waals surface area contributed by atoms with Crippen molar-refractivity contribution < 1.29 is 14.3 Å². The zero-order valence-electron chi connectivity index (χ0n) is 16.5. The molecule has 4 heterocycles. The number of rotatable bonds is 1. The molecule has 0 radical (unpaired) electrons. The number of likely N-dealkylation sites (tertiary alicyclic amines) is 1. The van der Waals surface area contributed by atoms with Gasteiger partial charge in [-0.3, -0.25) is 9.69 Å². The highest BCUT2D eigenvalue weighted by Gasteiger charge is 2.44. The van der Waals surface area contributed by atoms with E-state index in [4.69, 9.17) is 9.47 Å². The van der Waals surface area contributed by atoms with Gasteiger partial charge in [-0.1, -0.05) is 18.2 Å². The molecule has 0 saturated carbocycles. The first-order valence-corrected chi connectivity index (χ1v) is 10.8. The highest BCUT2D eigenvalue weighted by molar-refractivity contribution is 5.94. The van der Waals surface area contributed by atoms with Crippen molar-refractivity contribution in [3.63, 3.8) is 0 Å². The molecule has 3 unspecified atom stereocenters. The summed E-state index contributed by atoms with van der Waals surface area (Å²) in [5.74, 6) is 2.51. The Morgan fingerprint density at radius 3 is 2.72 bits per heavy atom. The van der Waals surface area contributed by atoms with Gasteiger partial charge in [0.15, 0.2) is 11.5 Å². The number of hydrogen-bond donors (Lipinski definition) is 0. The summed E-state index contributed by atoms with van der Waals surface area (Å²) in [7, 11) is 0. The minimum atomic E-state index is 0.190. The molecule has 0 spiro atoms. The Morgan fingerprint density at radius 2 is 1.86 bits per heavy atom. The predicted octanol–water partition coefficient (Wildman–Crippen LogP) is 3.64. The summed E-state index contributed by atoms with van der Waals surface area (Å²) in [5, 5.41) is 0. The number of carbonyl (C=O) groups excluding carboxylic acids is 1. The predicted molar refractivity (Wildman–Crippen MR) is 109 cm³/mol. The van der Waals surface area contributed by atoms with E-state index >= 15 is 0 Å². The minimum Gasteiger partial charge on any atom is -0.454 e. The van der Waals surface area contributed by atoms with Crippen LogP contribution in [0.25, 0.3) is 0 Å². The number of amides is 1. The van der Waals surface area contributed by atoms with Gasteiger partial charge in [0, 0.05) is 37.3 Å². The van der Waals surface area contributed by atoms with E-state index in [0.29, 0.717) is 24.8 Å². The number of carbonyl (C=O) groups is 1. The molecule has 0 N–H and O–H groups in total. The van der Waals surface area contributed by atoms with Crippen LogP contribution in [0.15, 0.2) is 42.5 Å². The third-order valence-electron chi connectivity index (χ3n) is 7.24. The fourth-order valence-corrected chi connectivity index (χ4v) is 5.84. The van der Waals surface area contributed by atoms with E-state index in [-0.39, 0.29) is 5.91 Å². The van der Waals surface area contributed by atoms with E-state index in [1.54, 1.807) is 0 Å². The molecule has 3 atom stereocenters. The summed E-state index contributed by atoms with van der Waals surface area (Å²) >= 11 is 0. The molecule has 150 valence electrons. The second-order valence-electron chi connectivity index (χ2n) is 8.73. The molecule has 1 amide bonds. The molecule has 6 rings (SSSR count). The van der Waals surface area contributed by atoms with E-state index in [9.17, 15) is 4.79 Å². The standard InChI is InChI=1S/C24H26N2O3/c27-24(16-5-2-1-3-6-16)26-9-4-7-18-14-25-10-8-17-11-22-23(29-15-28-22)12-19(17)21(25)13-20(18)26/h1-3,5-6,11-12,18,20-21H,4,7-10,13-15H2. The lowest BCUT2D eigenvalue weighted by atomic mass is 9.76. The Balaban J connectivity index is 1.32. The monoisotopic (exact) mass is 390 g/mol. The van der Waals surface area contributed by atoms with Gasteiger partial charge in [0.05, 0.1) is 0 Å². The van der Waals surface area contributed by atoms with Gasteiger partial charge in [-0.25, -0.2) is 0 Å². The molecule has 0 aliphatic carbocycles. The topological polar surface area (TPSA) is 42.0 Å². The first-order valence-electron chi connectivity index (χ1n) is 10.8. The number of ether oxygens (including phenoxy) is 2. The minimum absolute atomic E-state index is 0.190. The van der Waals surface area contributed by atoms with Crippen LogP contribution in [0, 0.1) is 5.92 Å². The van der Waals surface area contributed by atoms with Gasteiger partial charge in [0.25, 0.3) is 5.91 Å². The second kappa shape index (κ2) is 6.77. The number of fused-ring (bicyclic) bond motifs is 5. The van der Waals surface area contributed by atoms with Gasteiger partial charge in [-0.15, -0.1) is 0 Å². The smallest absolute Gasteiger partial charge is 0.254 e. The summed E-state index contributed by atoms with van der Waals surface area (Å²) in [6.07, 6.45) is 4.40. The molecule has 2 aromatic carbocycles. The van der Waals surface area contributed by atoms with Crippen molar-refractivity contribution in [1.82, 2.24) is 9.80 Å². The van der Waals surface area contributed by atoms with E-state index in [1.807, 2.05) is 30.3 Å². The third-order valence-corrected chi connectivity index (χ3v) is 7.24. The van der Waals surface area contributed by atoms with Crippen LogP contribution in [0.2, 0.25) is 0 Å². The Hall–Kier alpha value is -2.53. The number of benzene rings is 2. The van der Waals surface area contributed by atoms with Crippen LogP contribution >= 0.6 is 0 Å². The summed E-state index contributed by atoms with van der Waals surface area (Å²) in [4.78, 5) is 18.1. The average molecular weight is 390 g/mol. The van der Waals surface area contributed by atoms with Crippen LogP contribution < -0.4 is 9.47 Å². The molecule has 0 bridgehead atoms. The first-order chi connectivity index (χ1) is 14.3. The van der Waals surface area contributed by atoms with E-state index in [0.717, 1.165) is 56.0 Å². The van der Waals surface area contributed by atoms with Gasteiger partial charge < -0.3 is 14.4 Å². The molecule has 2 aromatic rings. The van der Waals surface area contributed by atoms with Crippen LogP contribution in [0.1, 0.15) is 46.8 Å². The van der Waals surface area contributed by atoms with Gasteiger partial charge in [0.1, 0.15) is 0 Å². The molecule has 4 aliphatic heterocycles. The maximum Gasteiger partial charge on any atom is 0.254 e. The van der Waals surface area contributed by atoms with Gasteiger partial charge >= 0.3 is 0 Å². The van der Waals surface area contributed by atoms with Crippen molar-refractivity contribution >= 4 is 5.91 Å². The molecular formula is C24H26N2O3. The summed E-state index contributed by atoms with van der Waals surface area (Å²) < 4.78 is 11.3. The van der Waals surface area contributed by atoms with E-state index in [1.165, 1.54) is 17.5 Å². The van der Waals surface area contributed by atoms with Crippen molar-refractivity contribution in [2.75, 3.05) is 26.4 Å². The second-order valence-corrected chi connectivity index (χ2v) is 8.73. The molecule has 29 heavy (non-hydrogen) atoms. The maximum absolute atomic E-state index is 13.3. The summed E-state index contributed by atoms with van der Waals surface area (Å²) in [6, 6.07) is 14.8. The Kier molecular flexibility index (Phi) is 4.05. The van der Waals surface area contributed by atoms with Crippen LogP contribution in [-0.4, -0.2) is 48.2 Å². The van der Waals surface area contributed by atoms with Crippen molar-refractivity contribution in [1.29, 1.82) is 0 Å². The lowest BCUT2D eigenvalue weighted by molar-refractivity contribution is -0.00583. The number of piperidine rings is 2. The van der Waals surface area contributed by atoms with Gasteiger partial charge in [-0.05, 0) is 67.0 Å². The van der Waals surface area contributed by atoms with E-state index < -0.39 is 0 Å². The molecule has 5 nitrogen and oxygen atoms in total. The Morgan fingerprint density at radius 1 is 1.03 bits per heavy atom. The zero-order chi connectivity index (χ0) is 19.4. The highest BCUT2D eigenvalue weighted by atomic mass is 16.7. The SMILES string of the molecule is O=C(c1ccccc1)N1CCCC2CN3CCc4cc5c(cc4C3CC21)OCO5. The molecular weight excluding hydrogens is 364 g/mol. The number of hydrogen-bond acceptors (Lipinski definition) is 4. The van der Waals surface area contributed by atoms with Crippen molar-refractivity contribution in [3.05, 3.63) is 59.2 Å². The fraction of sp³-hybridized carbons (Fsp3) is 0.458. The van der Waals surface area contributed by atoms with Crippen LogP contribution in [0.4, 0.5) is 0 Å². The van der Waals surface area contributed by atoms with E-state index in [2.05, 4.69) is 21.9 Å². The molecule has 4 aliphatic rings. The summed E-state index contributed by atoms with van der Waals surface area (Å²) in [5.41, 5.74) is 3.56. The summed E-state index contributed by atoms with van der Waals surface area (Å²) in [6.45, 7) is 3.36. The lowest BCUT2D eigenvalue weighted by Crippen LogP contribution is -2.57. The molecule has 5 heteroatoms. The lowest BCUT2D eigenvalue weighted by Gasteiger charge is -2.52. The highest BCUT2D eigenvalue weighted by Crippen LogP contribution is 2.46. The zero-order valence-corrected chi connectivity index (χ0v) is 16.5. The normalized spacial score (nSPS) is 27.7. The third kappa shape index (κ3) is 2.83. The molecule has 2 fully saturated rings. The quantitative estimate of drug-likeness (QED) is 0.746. The first kappa shape index (κ1) is 17.3. The maximum atomic E-state index is 13.3. The Labute approximate surface area is 171 Å². The van der Waals surface area contributed by atoms with Crippen LogP contribution in [0.5, 0.6) is 11.5 Å².